The highest BCUT2D eigenvalue weighted by Crippen LogP contribution is 2.35. The van der Waals surface area contributed by atoms with Gasteiger partial charge in [0.15, 0.2) is 0 Å². The maximum atomic E-state index is 12.9. The molecule has 0 aromatic heterocycles. The van der Waals surface area contributed by atoms with Crippen molar-refractivity contribution < 1.29 is 19.2 Å². The Hall–Kier alpha value is -2.29. The predicted octanol–water partition coefficient (Wildman–Crippen LogP) is 3.63. The molecule has 8 nitrogen and oxygen atoms in total. The van der Waals surface area contributed by atoms with Crippen LogP contribution in [0, 0.1) is 18.8 Å². The summed E-state index contributed by atoms with van der Waals surface area (Å²) in [4.78, 5) is 35.2. The number of piperidine rings is 1. The van der Waals surface area contributed by atoms with Crippen molar-refractivity contribution in [1.29, 1.82) is 0 Å². The molecule has 0 unspecified atom stereocenters. The number of ether oxygens (including phenoxy) is 1. The van der Waals surface area contributed by atoms with Gasteiger partial charge in [0.1, 0.15) is 11.4 Å². The molecule has 1 spiro atoms. The minimum Gasteiger partial charge on any atom is -0.381 e. The average molecular weight is 485 g/mol. The van der Waals surface area contributed by atoms with Crippen molar-refractivity contribution in [3.05, 3.63) is 29.3 Å². The summed E-state index contributed by atoms with van der Waals surface area (Å²) in [5, 5.41) is 7.93. The summed E-state index contributed by atoms with van der Waals surface area (Å²) in [5.41, 5.74) is 2.53. The van der Waals surface area contributed by atoms with E-state index in [0.29, 0.717) is 44.4 Å². The zero-order chi connectivity index (χ0) is 24.8. The molecule has 0 radical (unpaired) electrons. The van der Waals surface area contributed by atoms with Gasteiger partial charge in [-0.3, -0.25) is 19.4 Å². The van der Waals surface area contributed by atoms with Crippen molar-refractivity contribution in [3.8, 4) is 0 Å². The Labute approximate surface area is 208 Å². The summed E-state index contributed by atoms with van der Waals surface area (Å²) >= 11 is 0. The van der Waals surface area contributed by atoms with Crippen LogP contribution in [0.15, 0.2) is 23.2 Å². The average Bonchev–Trinajstić information content (AvgIpc) is 3.16. The van der Waals surface area contributed by atoms with Gasteiger partial charge >= 0.3 is 0 Å². The van der Waals surface area contributed by atoms with Crippen molar-refractivity contribution in [1.82, 2.24) is 10.4 Å². The highest BCUT2D eigenvalue weighted by atomic mass is 16.7. The summed E-state index contributed by atoms with van der Waals surface area (Å²) in [7, 11) is 0. The van der Waals surface area contributed by atoms with Gasteiger partial charge in [0, 0.05) is 44.8 Å². The number of nitrogens with one attached hydrogen (secondary N) is 2. The van der Waals surface area contributed by atoms with Gasteiger partial charge < -0.3 is 15.4 Å². The van der Waals surface area contributed by atoms with E-state index in [1.165, 1.54) is 12.5 Å². The molecule has 35 heavy (non-hydrogen) atoms. The molecule has 0 bridgehead atoms. The molecule has 192 valence electrons. The molecule has 1 aliphatic carbocycles. The van der Waals surface area contributed by atoms with Crippen molar-refractivity contribution in [2.75, 3.05) is 38.2 Å². The number of aliphatic imine (C=N–C) groups is 1. The summed E-state index contributed by atoms with van der Waals surface area (Å²) < 4.78 is 5.60. The van der Waals surface area contributed by atoms with Crippen LogP contribution < -0.4 is 10.6 Å². The Kier molecular flexibility index (Phi) is 8.57. The van der Waals surface area contributed by atoms with E-state index in [1.807, 2.05) is 37.1 Å². The van der Waals surface area contributed by atoms with Crippen LogP contribution in [0.2, 0.25) is 0 Å². The fourth-order valence-electron chi connectivity index (χ4n) is 5.49. The maximum absolute atomic E-state index is 12.9. The van der Waals surface area contributed by atoms with Crippen LogP contribution in [0.25, 0.3) is 0 Å². The second kappa shape index (κ2) is 11.6. The van der Waals surface area contributed by atoms with E-state index < -0.39 is 5.54 Å². The number of amides is 2. The summed E-state index contributed by atoms with van der Waals surface area (Å²) in [6.07, 6.45) is 6.61. The lowest BCUT2D eigenvalue weighted by molar-refractivity contribution is -0.176. The molecule has 1 aromatic rings. The normalized spacial score (nSPS) is 24.3. The quantitative estimate of drug-likeness (QED) is 0.558. The lowest BCUT2D eigenvalue weighted by atomic mass is 9.82. The molecule has 2 N–H and O–H groups in total. The lowest BCUT2D eigenvalue weighted by Gasteiger charge is -2.34. The monoisotopic (exact) mass is 484 g/mol. The minimum absolute atomic E-state index is 0.0680. The highest BCUT2D eigenvalue weighted by Gasteiger charge is 2.47. The van der Waals surface area contributed by atoms with E-state index in [1.54, 1.807) is 0 Å². The number of benzene rings is 1. The van der Waals surface area contributed by atoms with Crippen molar-refractivity contribution in [2.45, 2.75) is 71.3 Å². The van der Waals surface area contributed by atoms with Gasteiger partial charge in [-0.1, -0.05) is 6.07 Å². The first-order chi connectivity index (χ1) is 16.9. The van der Waals surface area contributed by atoms with Gasteiger partial charge in [-0.2, -0.15) is 5.06 Å². The van der Waals surface area contributed by atoms with Crippen LogP contribution in [0.4, 0.5) is 5.69 Å². The molecule has 1 aromatic carbocycles. The van der Waals surface area contributed by atoms with E-state index >= 15 is 0 Å². The van der Waals surface area contributed by atoms with E-state index in [4.69, 9.17) is 14.6 Å². The third-order valence-corrected chi connectivity index (χ3v) is 7.65. The maximum Gasteiger partial charge on any atom is 0.253 e. The molecule has 1 saturated carbocycles. The minimum atomic E-state index is -0.618. The van der Waals surface area contributed by atoms with Gasteiger partial charge in [-0.05, 0) is 88.0 Å². The van der Waals surface area contributed by atoms with Crippen molar-refractivity contribution >= 4 is 23.3 Å². The zero-order valence-electron chi connectivity index (χ0n) is 21.4. The van der Waals surface area contributed by atoms with Crippen molar-refractivity contribution in [3.63, 3.8) is 0 Å². The highest BCUT2D eigenvalue weighted by molar-refractivity contribution is 6.09. The van der Waals surface area contributed by atoms with Gasteiger partial charge in [0.25, 0.3) is 5.91 Å². The predicted molar refractivity (Wildman–Crippen MR) is 136 cm³/mol. The molecule has 2 amide bonds. The molecule has 2 heterocycles. The molecule has 1 saturated heterocycles. The number of nitrogens with zero attached hydrogens (tertiary/aromatic N) is 2. The number of anilines is 1. The van der Waals surface area contributed by atoms with E-state index in [0.717, 1.165) is 62.4 Å². The first kappa shape index (κ1) is 25.8. The topological polar surface area (TPSA) is 92.3 Å². The number of hydroxylamine groups is 2. The van der Waals surface area contributed by atoms with Crippen molar-refractivity contribution in [2.24, 2.45) is 16.8 Å². The van der Waals surface area contributed by atoms with Gasteiger partial charge in [-0.25, -0.2) is 0 Å². The van der Waals surface area contributed by atoms with Gasteiger partial charge in [0.05, 0.1) is 6.61 Å². The number of rotatable bonds is 9. The fourth-order valence-corrected chi connectivity index (χ4v) is 5.49. The third kappa shape index (κ3) is 6.48. The number of carbonyl (C=O) groups is 2. The van der Waals surface area contributed by atoms with Crippen LogP contribution >= 0.6 is 0 Å². The smallest absolute Gasteiger partial charge is 0.253 e. The Bertz CT molecular complexity index is 931. The fraction of sp³-hybridized carbons (Fsp3) is 0.667. The summed E-state index contributed by atoms with van der Waals surface area (Å²) in [6.45, 7) is 9.21. The Morgan fingerprint density at radius 1 is 1.23 bits per heavy atom. The molecular weight excluding hydrogens is 444 g/mol. The molecular formula is C27H40N4O4. The van der Waals surface area contributed by atoms with E-state index in [9.17, 15) is 9.59 Å². The molecule has 4 rings (SSSR count). The zero-order valence-corrected chi connectivity index (χ0v) is 21.4. The second-order valence-corrected chi connectivity index (χ2v) is 10.2. The lowest BCUT2D eigenvalue weighted by Crippen LogP contribution is -2.49. The molecule has 0 atom stereocenters. The summed E-state index contributed by atoms with van der Waals surface area (Å²) in [5.74, 6) is 1.92. The second-order valence-electron chi connectivity index (χ2n) is 10.2. The number of aryl methyl sites for hydroxylation is 1. The standard InChI is InChI=1S/C27H40N4O4/c1-4-34-18-21-5-7-23(8-6-21)25-29-26(33)27(30-25)12-14-31(15-13-27)35-16-11-22-9-10-24(17-19(22)2)28-20(3)32/h9-10,17,21,23H,4-8,11-16,18H2,1-3H3,(H,28,32)(H,29,30,33). The van der Waals surface area contributed by atoms with Crippen LogP contribution in [-0.2, 0) is 25.6 Å². The van der Waals surface area contributed by atoms with Crippen LogP contribution in [0.5, 0.6) is 0 Å². The van der Waals surface area contributed by atoms with Crippen LogP contribution in [-0.4, -0.2) is 61.2 Å². The number of amidine groups is 1. The van der Waals surface area contributed by atoms with Crippen LogP contribution in [0.3, 0.4) is 0 Å². The first-order valence-corrected chi connectivity index (χ1v) is 13.1. The molecule has 2 aliphatic heterocycles. The largest absolute Gasteiger partial charge is 0.381 e. The Morgan fingerprint density at radius 3 is 2.63 bits per heavy atom. The third-order valence-electron chi connectivity index (χ3n) is 7.65. The molecule has 2 fully saturated rings. The number of hydrogen-bond acceptors (Lipinski definition) is 6. The first-order valence-electron chi connectivity index (χ1n) is 13.1. The number of hydrogen-bond donors (Lipinski definition) is 2. The Balaban J connectivity index is 1.23. The number of carbonyl (C=O) groups excluding carboxylic acids is 2. The molecule has 3 aliphatic rings. The van der Waals surface area contributed by atoms with E-state index in [-0.39, 0.29) is 11.8 Å². The van der Waals surface area contributed by atoms with Gasteiger partial charge in [-0.15, -0.1) is 0 Å². The van der Waals surface area contributed by atoms with Gasteiger partial charge in [0.2, 0.25) is 5.91 Å². The SMILES string of the molecule is CCOCC1CCC(C2=NC3(CCN(OCCc4ccc(NC(C)=O)cc4C)CC3)C(=O)N2)CC1. The Morgan fingerprint density at radius 2 is 1.97 bits per heavy atom. The molecule has 8 heteroatoms. The van der Waals surface area contributed by atoms with E-state index in [2.05, 4.69) is 10.6 Å². The van der Waals surface area contributed by atoms with Crippen LogP contribution in [0.1, 0.15) is 63.5 Å². The summed E-state index contributed by atoms with van der Waals surface area (Å²) in [6, 6.07) is 5.95.